The lowest BCUT2D eigenvalue weighted by Gasteiger charge is -2.41. The molecule has 4 nitrogen and oxygen atoms in total. The minimum absolute atomic E-state index is 0. The first-order valence-corrected chi connectivity index (χ1v) is 8.48. The summed E-state index contributed by atoms with van der Waals surface area (Å²) in [6.45, 7) is 6.74. The number of hydrogen-bond acceptors (Lipinski definition) is 3. The predicted octanol–water partition coefficient (Wildman–Crippen LogP) is 2.82. The van der Waals surface area contributed by atoms with Crippen molar-refractivity contribution in [2.45, 2.75) is 38.1 Å². The average molecular weight is 353 g/mol. The summed E-state index contributed by atoms with van der Waals surface area (Å²) in [4.78, 5) is 0.249. The minimum Gasteiger partial charge on any atom is -0.327 e. The van der Waals surface area contributed by atoms with Crippen molar-refractivity contribution in [3.8, 4) is 0 Å². The van der Waals surface area contributed by atoms with Crippen LogP contribution in [0, 0.1) is 12.3 Å². The SMILES string of the molecule is Cc1ccc(S(=O)(=O)N2CCC(N)C(C)(C)C2)cc1Cl.Cl. The van der Waals surface area contributed by atoms with E-state index in [1.54, 1.807) is 12.1 Å². The highest BCUT2D eigenvalue weighted by molar-refractivity contribution is 7.89. The van der Waals surface area contributed by atoms with Crippen LogP contribution in [0.5, 0.6) is 0 Å². The molecule has 1 aliphatic heterocycles. The van der Waals surface area contributed by atoms with Crippen LogP contribution >= 0.6 is 24.0 Å². The Hall–Kier alpha value is -0.330. The Morgan fingerprint density at radius 3 is 2.52 bits per heavy atom. The van der Waals surface area contributed by atoms with Gasteiger partial charge in [0.15, 0.2) is 0 Å². The molecule has 0 saturated carbocycles. The van der Waals surface area contributed by atoms with E-state index in [-0.39, 0.29) is 28.8 Å². The van der Waals surface area contributed by atoms with Gasteiger partial charge in [-0.2, -0.15) is 4.31 Å². The molecule has 1 aliphatic rings. The zero-order valence-corrected chi connectivity index (χ0v) is 14.9. The van der Waals surface area contributed by atoms with E-state index >= 15 is 0 Å². The van der Waals surface area contributed by atoms with Crippen molar-refractivity contribution < 1.29 is 8.42 Å². The van der Waals surface area contributed by atoms with Gasteiger partial charge in [0, 0.05) is 24.2 Å². The zero-order valence-electron chi connectivity index (χ0n) is 12.5. The van der Waals surface area contributed by atoms with Crippen molar-refractivity contribution in [1.29, 1.82) is 0 Å². The standard InChI is InChI=1S/C14H21ClN2O2S.ClH/c1-10-4-5-11(8-12(10)15)20(18,19)17-7-6-13(16)14(2,3)9-17;/h4-5,8,13H,6-7,9,16H2,1-3H3;1H. The number of nitrogens with two attached hydrogens (primary N) is 1. The van der Waals surface area contributed by atoms with Gasteiger partial charge in [0.25, 0.3) is 0 Å². The second-order valence-corrected chi connectivity index (χ2v) is 8.48. The van der Waals surface area contributed by atoms with E-state index in [4.69, 9.17) is 17.3 Å². The van der Waals surface area contributed by atoms with Gasteiger partial charge in [-0.3, -0.25) is 0 Å². The molecule has 1 atom stereocenters. The summed E-state index contributed by atoms with van der Waals surface area (Å²) >= 11 is 6.04. The summed E-state index contributed by atoms with van der Waals surface area (Å²) in [5.41, 5.74) is 6.70. The Balaban J connectivity index is 0.00000220. The van der Waals surface area contributed by atoms with Crippen molar-refractivity contribution in [1.82, 2.24) is 4.31 Å². The van der Waals surface area contributed by atoms with E-state index in [9.17, 15) is 8.42 Å². The van der Waals surface area contributed by atoms with Crippen LogP contribution in [0.15, 0.2) is 23.1 Å². The van der Waals surface area contributed by atoms with E-state index in [1.807, 2.05) is 20.8 Å². The van der Waals surface area contributed by atoms with Gasteiger partial charge in [-0.25, -0.2) is 8.42 Å². The van der Waals surface area contributed by atoms with Gasteiger partial charge in [-0.05, 0) is 36.5 Å². The third-order valence-corrected chi connectivity index (χ3v) is 6.31. The van der Waals surface area contributed by atoms with Crippen LogP contribution < -0.4 is 5.73 Å². The van der Waals surface area contributed by atoms with Crippen LogP contribution in [-0.4, -0.2) is 31.9 Å². The molecule has 120 valence electrons. The summed E-state index contributed by atoms with van der Waals surface area (Å²) in [6, 6.07) is 4.89. The quantitative estimate of drug-likeness (QED) is 0.889. The molecule has 1 fully saturated rings. The summed E-state index contributed by atoms with van der Waals surface area (Å²) in [5, 5.41) is 0.471. The van der Waals surface area contributed by atoms with Crippen LogP contribution in [0.4, 0.5) is 0 Å². The molecular formula is C14H22Cl2N2O2S. The highest BCUT2D eigenvalue weighted by Gasteiger charge is 2.38. The molecule has 1 aromatic carbocycles. The minimum atomic E-state index is -3.50. The number of aryl methyl sites for hydroxylation is 1. The van der Waals surface area contributed by atoms with Crippen molar-refractivity contribution in [2.24, 2.45) is 11.1 Å². The molecule has 1 saturated heterocycles. The number of halogens is 2. The first-order chi connectivity index (χ1) is 9.14. The molecule has 0 aromatic heterocycles. The molecule has 0 aliphatic carbocycles. The van der Waals surface area contributed by atoms with Gasteiger partial charge in [0.1, 0.15) is 0 Å². The number of hydrogen-bond donors (Lipinski definition) is 1. The van der Waals surface area contributed by atoms with E-state index in [0.717, 1.165) is 5.56 Å². The number of sulfonamides is 1. The Labute approximate surface area is 138 Å². The summed E-state index contributed by atoms with van der Waals surface area (Å²) < 4.78 is 26.9. The maximum atomic E-state index is 12.7. The first-order valence-electron chi connectivity index (χ1n) is 6.66. The van der Waals surface area contributed by atoms with E-state index in [0.29, 0.717) is 24.5 Å². The van der Waals surface area contributed by atoms with Gasteiger partial charge < -0.3 is 5.73 Å². The Morgan fingerprint density at radius 1 is 1.38 bits per heavy atom. The highest BCUT2D eigenvalue weighted by Crippen LogP contribution is 2.32. The number of rotatable bonds is 2. The Morgan fingerprint density at radius 2 is 2.00 bits per heavy atom. The summed E-state index contributed by atoms with van der Waals surface area (Å²) in [7, 11) is -3.50. The summed E-state index contributed by atoms with van der Waals surface area (Å²) in [5.74, 6) is 0. The van der Waals surface area contributed by atoms with Crippen molar-refractivity contribution in [3.05, 3.63) is 28.8 Å². The van der Waals surface area contributed by atoms with Gasteiger partial charge >= 0.3 is 0 Å². The lowest BCUT2D eigenvalue weighted by Crippen LogP contribution is -2.53. The van der Waals surface area contributed by atoms with Gasteiger partial charge in [-0.1, -0.05) is 31.5 Å². The lowest BCUT2D eigenvalue weighted by molar-refractivity contribution is 0.155. The lowest BCUT2D eigenvalue weighted by atomic mass is 9.81. The second kappa shape index (κ2) is 6.42. The van der Waals surface area contributed by atoms with E-state index < -0.39 is 10.0 Å². The van der Waals surface area contributed by atoms with Gasteiger partial charge in [-0.15, -0.1) is 12.4 Å². The summed E-state index contributed by atoms with van der Waals surface area (Å²) in [6.07, 6.45) is 0.672. The van der Waals surface area contributed by atoms with E-state index in [1.165, 1.54) is 10.4 Å². The maximum Gasteiger partial charge on any atom is 0.243 e. The van der Waals surface area contributed by atoms with Crippen LogP contribution in [0.2, 0.25) is 5.02 Å². The molecule has 1 unspecified atom stereocenters. The fourth-order valence-electron chi connectivity index (χ4n) is 2.41. The Kier molecular flexibility index (Phi) is 5.73. The first kappa shape index (κ1) is 18.7. The fourth-order valence-corrected chi connectivity index (χ4v) is 4.31. The molecule has 2 rings (SSSR count). The van der Waals surface area contributed by atoms with Crippen LogP contribution in [-0.2, 0) is 10.0 Å². The third-order valence-electron chi connectivity index (χ3n) is 4.06. The highest BCUT2D eigenvalue weighted by atomic mass is 35.5. The van der Waals surface area contributed by atoms with Crippen LogP contribution in [0.1, 0.15) is 25.8 Å². The van der Waals surface area contributed by atoms with Gasteiger partial charge in [0.2, 0.25) is 10.0 Å². The molecule has 0 spiro atoms. The molecule has 7 heteroatoms. The Bertz CT molecular complexity index is 617. The number of benzene rings is 1. The van der Waals surface area contributed by atoms with Crippen molar-refractivity contribution in [3.63, 3.8) is 0 Å². The topological polar surface area (TPSA) is 63.4 Å². The zero-order chi connectivity index (χ0) is 15.1. The molecule has 0 radical (unpaired) electrons. The molecule has 2 N–H and O–H groups in total. The number of piperidine rings is 1. The smallest absolute Gasteiger partial charge is 0.243 e. The normalized spacial score (nSPS) is 22.6. The van der Waals surface area contributed by atoms with E-state index in [2.05, 4.69) is 0 Å². The average Bonchev–Trinajstić information content (AvgIpc) is 2.35. The van der Waals surface area contributed by atoms with Crippen LogP contribution in [0.3, 0.4) is 0 Å². The van der Waals surface area contributed by atoms with Crippen molar-refractivity contribution >= 4 is 34.0 Å². The molecule has 0 amide bonds. The molecule has 21 heavy (non-hydrogen) atoms. The maximum absolute atomic E-state index is 12.7. The van der Waals surface area contributed by atoms with Crippen LogP contribution in [0.25, 0.3) is 0 Å². The molecule has 0 bridgehead atoms. The predicted molar refractivity (Wildman–Crippen MR) is 88.6 cm³/mol. The van der Waals surface area contributed by atoms with Crippen molar-refractivity contribution in [2.75, 3.05) is 13.1 Å². The van der Waals surface area contributed by atoms with Gasteiger partial charge in [0.05, 0.1) is 4.90 Å². The fraction of sp³-hybridized carbons (Fsp3) is 0.571. The monoisotopic (exact) mass is 352 g/mol. The largest absolute Gasteiger partial charge is 0.327 e. The third kappa shape index (κ3) is 3.71. The number of nitrogens with zero attached hydrogens (tertiary/aromatic N) is 1. The second-order valence-electron chi connectivity index (χ2n) is 6.13. The molecule has 1 aromatic rings. The molecule has 1 heterocycles. The molecular weight excluding hydrogens is 331 g/mol.